The third-order valence-corrected chi connectivity index (χ3v) is 5.17. The standard InChI is InChI=1S/C17H11BrClN5OS/c18-11-6-20-15-14(8-22-24(15)9-11)16(25)23-17-21-7-13(26-17)5-10-2-1-3-12(19)4-10/h1-4,6-9H,5H2,(H,21,23,25). The van der Waals surface area contributed by atoms with Crippen LogP contribution in [0.2, 0.25) is 5.02 Å². The van der Waals surface area contributed by atoms with Gasteiger partial charge in [0, 0.05) is 34.9 Å². The van der Waals surface area contributed by atoms with Crippen LogP contribution in [0.15, 0.2) is 53.5 Å². The second-order valence-electron chi connectivity index (χ2n) is 5.49. The monoisotopic (exact) mass is 447 g/mol. The SMILES string of the molecule is O=C(Nc1ncc(Cc2cccc(Cl)c2)s1)c1cnn2cc(Br)cnc12. The van der Waals surface area contributed by atoms with Crippen molar-refractivity contribution in [1.29, 1.82) is 0 Å². The molecule has 0 saturated carbocycles. The quantitative estimate of drug-likeness (QED) is 0.501. The molecule has 4 rings (SSSR count). The largest absolute Gasteiger partial charge is 0.298 e. The van der Waals surface area contributed by atoms with Gasteiger partial charge < -0.3 is 0 Å². The van der Waals surface area contributed by atoms with Crippen molar-refractivity contribution < 1.29 is 4.79 Å². The Labute approximate surface area is 166 Å². The molecule has 0 aliphatic heterocycles. The van der Waals surface area contributed by atoms with E-state index in [9.17, 15) is 4.79 Å². The number of thiazole rings is 1. The van der Waals surface area contributed by atoms with Crippen LogP contribution in [0.5, 0.6) is 0 Å². The van der Waals surface area contributed by atoms with E-state index >= 15 is 0 Å². The molecule has 3 aromatic heterocycles. The number of hydrogen-bond donors (Lipinski definition) is 1. The summed E-state index contributed by atoms with van der Waals surface area (Å²) in [6.45, 7) is 0. The zero-order valence-corrected chi connectivity index (χ0v) is 16.3. The van der Waals surface area contributed by atoms with Crippen LogP contribution in [-0.4, -0.2) is 25.5 Å². The summed E-state index contributed by atoms with van der Waals surface area (Å²) in [6, 6.07) is 7.68. The highest BCUT2D eigenvalue weighted by atomic mass is 79.9. The Morgan fingerprint density at radius 2 is 2.15 bits per heavy atom. The fourth-order valence-corrected chi connectivity index (χ4v) is 3.82. The van der Waals surface area contributed by atoms with Gasteiger partial charge in [0.05, 0.1) is 10.7 Å². The average molecular weight is 449 g/mol. The van der Waals surface area contributed by atoms with Crippen LogP contribution in [0.3, 0.4) is 0 Å². The molecule has 0 aliphatic carbocycles. The van der Waals surface area contributed by atoms with Crippen molar-refractivity contribution >= 4 is 55.6 Å². The first-order valence-corrected chi connectivity index (χ1v) is 9.56. The van der Waals surface area contributed by atoms with Gasteiger partial charge in [0.15, 0.2) is 10.8 Å². The van der Waals surface area contributed by atoms with Crippen molar-refractivity contribution in [2.45, 2.75) is 6.42 Å². The molecule has 0 atom stereocenters. The summed E-state index contributed by atoms with van der Waals surface area (Å²) in [4.78, 5) is 22.1. The Kier molecular flexibility index (Phi) is 4.71. The number of anilines is 1. The van der Waals surface area contributed by atoms with Crippen LogP contribution >= 0.6 is 38.9 Å². The highest BCUT2D eigenvalue weighted by Crippen LogP contribution is 2.23. The number of carbonyl (C=O) groups excluding carboxylic acids is 1. The van der Waals surface area contributed by atoms with Gasteiger partial charge in [-0.05, 0) is 33.6 Å². The minimum absolute atomic E-state index is 0.293. The number of nitrogens with zero attached hydrogens (tertiary/aromatic N) is 4. The van der Waals surface area contributed by atoms with Crippen molar-refractivity contribution in [1.82, 2.24) is 19.6 Å². The Morgan fingerprint density at radius 3 is 3.00 bits per heavy atom. The van der Waals surface area contributed by atoms with E-state index < -0.39 is 0 Å². The number of halogens is 2. The molecule has 0 bridgehead atoms. The minimum atomic E-state index is -0.293. The van der Waals surface area contributed by atoms with E-state index in [1.165, 1.54) is 17.5 Å². The summed E-state index contributed by atoms with van der Waals surface area (Å²) in [7, 11) is 0. The van der Waals surface area contributed by atoms with Crippen molar-refractivity contribution in [3.05, 3.63) is 74.6 Å². The Hall–Kier alpha value is -2.29. The maximum Gasteiger partial charge on any atom is 0.262 e. The molecule has 0 radical (unpaired) electrons. The van der Waals surface area contributed by atoms with Gasteiger partial charge in [0.2, 0.25) is 0 Å². The first kappa shape index (κ1) is 17.1. The first-order valence-electron chi connectivity index (χ1n) is 7.58. The highest BCUT2D eigenvalue weighted by molar-refractivity contribution is 9.10. The van der Waals surface area contributed by atoms with Crippen LogP contribution in [0.25, 0.3) is 5.65 Å². The summed E-state index contributed by atoms with van der Waals surface area (Å²) in [5.74, 6) is -0.293. The van der Waals surface area contributed by atoms with Crippen molar-refractivity contribution in [3.63, 3.8) is 0 Å². The lowest BCUT2D eigenvalue weighted by Gasteiger charge is -2.00. The Balaban J connectivity index is 1.50. The van der Waals surface area contributed by atoms with E-state index in [0.717, 1.165) is 14.9 Å². The van der Waals surface area contributed by atoms with Crippen LogP contribution in [0.1, 0.15) is 20.8 Å². The first-order chi connectivity index (χ1) is 12.6. The fraction of sp³-hybridized carbons (Fsp3) is 0.0588. The van der Waals surface area contributed by atoms with Gasteiger partial charge in [-0.25, -0.2) is 14.5 Å². The normalized spacial score (nSPS) is 11.0. The highest BCUT2D eigenvalue weighted by Gasteiger charge is 2.16. The molecule has 9 heteroatoms. The predicted molar refractivity (Wildman–Crippen MR) is 105 cm³/mol. The molecular weight excluding hydrogens is 438 g/mol. The number of carbonyl (C=O) groups is 1. The number of fused-ring (bicyclic) bond motifs is 1. The summed E-state index contributed by atoms with van der Waals surface area (Å²) >= 11 is 10.8. The second-order valence-corrected chi connectivity index (χ2v) is 7.96. The molecular formula is C17H11BrClN5OS. The van der Waals surface area contributed by atoms with Crippen LogP contribution in [0.4, 0.5) is 5.13 Å². The molecule has 0 unspecified atom stereocenters. The molecule has 0 aliphatic rings. The molecule has 1 N–H and O–H groups in total. The molecule has 0 fully saturated rings. The van der Waals surface area contributed by atoms with E-state index in [0.29, 0.717) is 27.8 Å². The molecule has 3 heterocycles. The van der Waals surface area contributed by atoms with Gasteiger partial charge in [0.1, 0.15) is 5.56 Å². The molecule has 1 amide bonds. The third kappa shape index (κ3) is 3.62. The van der Waals surface area contributed by atoms with Crippen molar-refractivity contribution in [3.8, 4) is 0 Å². The summed E-state index contributed by atoms with van der Waals surface area (Å²) in [5.41, 5.74) is 1.97. The average Bonchev–Trinajstić information content (AvgIpc) is 3.21. The van der Waals surface area contributed by atoms with Gasteiger partial charge in [-0.3, -0.25) is 10.1 Å². The van der Waals surface area contributed by atoms with Gasteiger partial charge in [-0.1, -0.05) is 23.7 Å². The second kappa shape index (κ2) is 7.14. The number of rotatable bonds is 4. The van der Waals surface area contributed by atoms with Crippen LogP contribution in [-0.2, 0) is 6.42 Å². The Morgan fingerprint density at radius 1 is 1.27 bits per heavy atom. The van der Waals surface area contributed by atoms with E-state index in [2.05, 4.69) is 36.3 Å². The Bertz CT molecular complexity index is 1110. The zero-order chi connectivity index (χ0) is 18.1. The molecule has 130 valence electrons. The molecule has 6 nitrogen and oxygen atoms in total. The summed E-state index contributed by atoms with van der Waals surface area (Å²) in [5, 5.41) is 8.18. The third-order valence-electron chi connectivity index (χ3n) is 3.61. The molecule has 0 spiro atoms. The lowest BCUT2D eigenvalue weighted by atomic mass is 10.1. The lowest BCUT2D eigenvalue weighted by molar-refractivity contribution is 0.102. The predicted octanol–water partition coefficient (Wildman–Crippen LogP) is 4.44. The van der Waals surface area contributed by atoms with E-state index in [1.54, 1.807) is 23.1 Å². The minimum Gasteiger partial charge on any atom is -0.298 e. The molecule has 0 saturated heterocycles. The van der Waals surface area contributed by atoms with Gasteiger partial charge in [-0.15, -0.1) is 11.3 Å². The lowest BCUT2D eigenvalue weighted by Crippen LogP contribution is -2.11. The van der Waals surface area contributed by atoms with Crippen molar-refractivity contribution in [2.75, 3.05) is 5.32 Å². The topological polar surface area (TPSA) is 72.2 Å². The van der Waals surface area contributed by atoms with E-state index in [4.69, 9.17) is 11.6 Å². The smallest absolute Gasteiger partial charge is 0.262 e. The number of hydrogen-bond acceptors (Lipinski definition) is 5. The van der Waals surface area contributed by atoms with Crippen LogP contribution < -0.4 is 5.32 Å². The molecule has 1 aromatic carbocycles. The van der Waals surface area contributed by atoms with Crippen molar-refractivity contribution in [2.24, 2.45) is 0 Å². The van der Waals surface area contributed by atoms with Gasteiger partial charge in [0.25, 0.3) is 5.91 Å². The summed E-state index contributed by atoms with van der Waals surface area (Å²) in [6.07, 6.45) is 7.32. The fourth-order valence-electron chi connectivity index (χ4n) is 2.47. The van der Waals surface area contributed by atoms with E-state index in [1.807, 2.05) is 24.3 Å². The van der Waals surface area contributed by atoms with Gasteiger partial charge >= 0.3 is 0 Å². The number of benzene rings is 1. The summed E-state index contributed by atoms with van der Waals surface area (Å²) < 4.78 is 2.33. The van der Waals surface area contributed by atoms with Gasteiger partial charge in [-0.2, -0.15) is 5.10 Å². The maximum atomic E-state index is 12.5. The number of aromatic nitrogens is 4. The van der Waals surface area contributed by atoms with Crippen LogP contribution in [0, 0.1) is 0 Å². The molecule has 4 aromatic rings. The molecule has 26 heavy (non-hydrogen) atoms. The van der Waals surface area contributed by atoms with E-state index in [-0.39, 0.29) is 5.91 Å². The number of nitrogens with one attached hydrogen (secondary N) is 1. The zero-order valence-electron chi connectivity index (χ0n) is 13.2. The maximum absolute atomic E-state index is 12.5. The number of amides is 1.